The molecule has 1 amide bonds. The van der Waals surface area contributed by atoms with Gasteiger partial charge in [0.05, 0.1) is 6.54 Å². The summed E-state index contributed by atoms with van der Waals surface area (Å²) in [4.78, 5) is 19.7. The van der Waals surface area contributed by atoms with E-state index in [1.807, 2.05) is 6.20 Å². The number of rotatable bonds is 5. The summed E-state index contributed by atoms with van der Waals surface area (Å²) in [6, 6.07) is 0. The molecule has 2 aliphatic carbocycles. The smallest absolute Gasteiger partial charge is 0.223 e. The minimum Gasteiger partial charge on any atom is -0.349 e. The molecule has 2 atom stereocenters. The molecule has 0 aromatic carbocycles. The monoisotopic (exact) mass is 275 g/mol. The average molecular weight is 275 g/mol. The van der Waals surface area contributed by atoms with Gasteiger partial charge in [0.25, 0.3) is 0 Å². The van der Waals surface area contributed by atoms with Gasteiger partial charge in [0, 0.05) is 17.8 Å². The van der Waals surface area contributed by atoms with Crippen LogP contribution in [0.2, 0.25) is 0 Å². The molecule has 0 saturated heterocycles. The summed E-state index contributed by atoms with van der Waals surface area (Å²) in [5.74, 6) is 2.85. The third kappa shape index (κ3) is 3.05. The molecule has 0 spiro atoms. The molecule has 1 aromatic rings. The zero-order chi connectivity index (χ0) is 13.9. The summed E-state index contributed by atoms with van der Waals surface area (Å²) in [7, 11) is 0. The van der Waals surface area contributed by atoms with Crippen LogP contribution in [-0.2, 0) is 17.8 Å². The number of imidazole rings is 1. The molecule has 0 radical (unpaired) electrons. The Kier molecular flexibility index (Phi) is 4.08. The SMILES string of the molecule is CCc1cnc(CNC(=O)C2CC2C2CCCCC2)[nH]1. The van der Waals surface area contributed by atoms with Crippen LogP contribution in [0.5, 0.6) is 0 Å². The fraction of sp³-hybridized carbons (Fsp3) is 0.750. The number of hydrogen-bond acceptors (Lipinski definition) is 2. The zero-order valence-corrected chi connectivity index (χ0v) is 12.3. The van der Waals surface area contributed by atoms with Crippen LogP contribution < -0.4 is 5.32 Å². The predicted octanol–water partition coefficient (Wildman–Crippen LogP) is 2.80. The van der Waals surface area contributed by atoms with Crippen molar-refractivity contribution in [3.05, 3.63) is 17.7 Å². The summed E-state index contributed by atoms with van der Waals surface area (Å²) < 4.78 is 0. The van der Waals surface area contributed by atoms with Gasteiger partial charge in [-0.15, -0.1) is 0 Å². The first-order valence-electron chi connectivity index (χ1n) is 8.08. The Morgan fingerprint density at radius 3 is 2.90 bits per heavy atom. The summed E-state index contributed by atoms with van der Waals surface area (Å²) in [6.07, 6.45) is 10.7. The summed E-state index contributed by atoms with van der Waals surface area (Å²) in [5, 5.41) is 3.03. The molecular formula is C16H25N3O. The second kappa shape index (κ2) is 5.98. The lowest BCUT2D eigenvalue weighted by molar-refractivity contribution is -0.123. The number of carbonyl (C=O) groups excluding carboxylic acids is 1. The molecule has 20 heavy (non-hydrogen) atoms. The normalized spacial score (nSPS) is 26.4. The highest BCUT2D eigenvalue weighted by molar-refractivity contribution is 5.81. The molecule has 4 heteroatoms. The van der Waals surface area contributed by atoms with E-state index in [0.717, 1.165) is 30.3 Å². The Morgan fingerprint density at radius 2 is 2.20 bits per heavy atom. The van der Waals surface area contributed by atoms with Crippen LogP contribution >= 0.6 is 0 Å². The van der Waals surface area contributed by atoms with Crippen molar-refractivity contribution in [2.45, 2.75) is 58.4 Å². The topological polar surface area (TPSA) is 57.8 Å². The van der Waals surface area contributed by atoms with E-state index < -0.39 is 0 Å². The van der Waals surface area contributed by atoms with Gasteiger partial charge in [0.15, 0.2) is 0 Å². The second-order valence-electron chi connectivity index (χ2n) is 6.33. The highest BCUT2D eigenvalue weighted by Gasteiger charge is 2.47. The van der Waals surface area contributed by atoms with Crippen LogP contribution in [0, 0.1) is 17.8 Å². The molecule has 1 aromatic heterocycles. The van der Waals surface area contributed by atoms with Gasteiger partial charge in [-0.3, -0.25) is 4.79 Å². The van der Waals surface area contributed by atoms with Crippen LogP contribution in [0.25, 0.3) is 0 Å². The molecule has 1 heterocycles. The van der Waals surface area contributed by atoms with Crippen molar-refractivity contribution in [1.29, 1.82) is 0 Å². The van der Waals surface area contributed by atoms with E-state index in [-0.39, 0.29) is 11.8 Å². The van der Waals surface area contributed by atoms with Gasteiger partial charge in [-0.05, 0) is 24.7 Å². The maximum absolute atomic E-state index is 12.2. The minimum atomic E-state index is 0.232. The van der Waals surface area contributed by atoms with E-state index in [0.29, 0.717) is 12.5 Å². The highest BCUT2D eigenvalue weighted by atomic mass is 16.2. The first-order valence-corrected chi connectivity index (χ1v) is 8.08. The van der Waals surface area contributed by atoms with Crippen molar-refractivity contribution < 1.29 is 4.79 Å². The van der Waals surface area contributed by atoms with Crippen molar-refractivity contribution >= 4 is 5.91 Å². The summed E-state index contributed by atoms with van der Waals surface area (Å²) >= 11 is 0. The average Bonchev–Trinajstić information content (AvgIpc) is 3.17. The van der Waals surface area contributed by atoms with Gasteiger partial charge >= 0.3 is 0 Å². The number of aryl methyl sites for hydroxylation is 1. The van der Waals surface area contributed by atoms with Gasteiger partial charge in [-0.25, -0.2) is 4.98 Å². The first-order chi connectivity index (χ1) is 9.78. The maximum Gasteiger partial charge on any atom is 0.223 e. The number of aromatic amines is 1. The number of hydrogen-bond donors (Lipinski definition) is 2. The predicted molar refractivity (Wildman–Crippen MR) is 78.0 cm³/mol. The van der Waals surface area contributed by atoms with Crippen molar-refractivity contribution in [2.75, 3.05) is 0 Å². The van der Waals surface area contributed by atoms with Gasteiger partial charge < -0.3 is 10.3 Å². The third-order valence-electron chi connectivity index (χ3n) is 4.92. The van der Waals surface area contributed by atoms with Crippen LogP contribution in [0.4, 0.5) is 0 Å². The Labute approximate surface area is 120 Å². The zero-order valence-electron chi connectivity index (χ0n) is 12.3. The molecule has 0 aliphatic heterocycles. The molecule has 4 nitrogen and oxygen atoms in total. The third-order valence-corrected chi connectivity index (χ3v) is 4.92. The maximum atomic E-state index is 12.2. The molecule has 2 unspecified atom stereocenters. The van der Waals surface area contributed by atoms with E-state index in [1.54, 1.807) is 0 Å². The molecule has 2 N–H and O–H groups in total. The molecule has 2 aliphatic rings. The van der Waals surface area contributed by atoms with Crippen LogP contribution in [0.15, 0.2) is 6.20 Å². The van der Waals surface area contributed by atoms with Gasteiger partial charge in [-0.1, -0.05) is 39.0 Å². The highest BCUT2D eigenvalue weighted by Crippen LogP contribution is 2.49. The van der Waals surface area contributed by atoms with E-state index in [2.05, 4.69) is 22.2 Å². The van der Waals surface area contributed by atoms with Crippen LogP contribution in [0.1, 0.15) is 57.0 Å². The lowest BCUT2D eigenvalue weighted by atomic mass is 9.85. The van der Waals surface area contributed by atoms with Gasteiger partial charge in [0.2, 0.25) is 5.91 Å². The summed E-state index contributed by atoms with van der Waals surface area (Å²) in [6.45, 7) is 2.63. The second-order valence-corrected chi connectivity index (χ2v) is 6.33. The Bertz CT molecular complexity index is 462. The van der Waals surface area contributed by atoms with E-state index in [9.17, 15) is 4.79 Å². The van der Waals surface area contributed by atoms with Crippen molar-refractivity contribution in [1.82, 2.24) is 15.3 Å². The van der Waals surface area contributed by atoms with Crippen molar-refractivity contribution in [3.63, 3.8) is 0 Å². The number of nitrogens with one attached hydrogen (secondary N) is 2. The molecule has 0 bridgehead atoms. The van der Waals surface area contributed by atoms with E-state index in [1.165, 1.54) is 32.1 Å². The van der Waals surface area contributed by atoms with Gasteiger partial charge in [0.1, 0.15) is 5.82 Å². The fourth-order valence-electron chi connectivity index (χ4n) is 3.58. The number of nitrogens with zero attached hydrogens (tertiary/aromatic N) is 1. The van der Waals surface area contributed by atoms with Crippen LogP contribution in [0.3, 0.4) is 0 Å². The summed E-state index contributed by atoms with van der Waals surface area (Å²) in [5.41, 5.74) is 1.13. The van der Waals surface area contributed by atoms with Gasteiger partial charge in [-0.2, -0.15) is 0 Å². The number of carbonyl (C=O) groups is 1. The number of aromatic nitrogens is 2. The fourth-order valence-corrected chi connectivity index (χ4v) is 3.58. The quantitative estimate of drug-likeness (QED) is 0.868. The number of amides is 1. The molecular weight excluding hydrogens is 250 g/mol. The minimum absolute atomic E-state index is 0.232. The van der Waals surface area contributed by atoms with Crippen molar-refractivity contribution in [2.24, 2.45) is 17.8 Å². The lowest BCUT2D eigenvalue weighted by Gasteiger charge is -2.21. The largest absolute Gasteiger partial charge is 0.349 e. The van der Waals surface area contributed by atoms with Crippen molar-refractivity contribution in [3.8, 4) is 0 Å². The molecule has 2 fully saturated rings. The Balaban J connectivity index is 1.43. The van der Waals surface area contributed by atoms with E-state index in [4.69, 9.17) is 0 Å². The standard InChI is InChI=1S/C16H25N3O/c1-2-12-9-17-15(19-12)10-18-16(20)14-8-13(14)11-6-4-3-5-7-11/h9,11,13-14H,2-8,10H2,1H3,(H,17,19)(H,18,20). The van der Waals surface area contributed by atoms with E-state index >= 15 is 0 Å². The van der Waals surface area contributed by atoms with Crippen LogP contribution in [-0.4, -0.2) is 15.9 Å². The Morgan fingerprint density at radius 1 is 1.40 bits per heavy atom. The Hall–Kier alpha value is -1.32. The number of H-pyrrole nitrogens is 1. The molecule has 3 rings (SSSR count). The lowest BCUT2D eigenvalue weighted by Crippen LogP contribution is -2.26. The molecule has 110 valence electrons. The first kappa shape index (κ1) is 13.7. The molecule has 2 saturated carbocycles.